The van der Waals surface area contributed by atoms with Gasteiger partial charge < -0.3 is 5.32 Å². The normalized spacial score (nSPS) is 30.9. The van der Waals surface area contributed by atoms with Crippen LogP contribution in [0.15, 0.2) is 0 Å². The van der Waals surface area contributed by atoms with Crippen LogP contribution in [0.3, 0.4) is 0 Å². The third-order valence-corrected chi connectivity index (χ3v) is 4.39. The van der Waals surface area contributed by atoms with Gasteiger partial charge in [0.1, 0.15) is 0 Å². The predicted octanol–water partition coefficient (Wildman–Crippen LogP) is 1.59. The highest BCUT2D eigenvalue weighted by Gasteiger charge is 2.46. The maximum Gasteiger partial charge on any atom is 0.247 e. The highest BCUT2D eigenvalue weighted by Crippen LogP contribution is 2.31. The molecule has 1 heterocycles. The number of hydrogen-bond acceptors (Lipinski definition) is 3. The van der Waals surface area contributed by atoms with Gasteiger partial charge in [-0.15, -0.1) is 0 Å². The van der Waals surface area contributed by atoms with Gasteiger partial charge in [0.2, 0.25) is 11.8 Å². The van der Waals surface area contributed by atoms with E-state index in [-0.39, 0.29) is 23.9 Å². The van der Waals surface area contributed by atoms with Gasteiger partial charge in [0, 0.05) is 12.1 Å². The fourth-order valence-corrected chi connectivity index (χ4v) is 3.23. The average Bonchev–Trinajstić information content (AvgIpc) is 3.13. The first-order valence-electron chi connectivity index (χ1n) is 7.37. The Kier molecular flexibility index (Phi) is 3.37. The van der Waals surface area contributed by atoms with Crippen molar-refractivity contribution < 1.29 is 9.59 Å². The third kappa shape index (κ3) is 2.44. The van der Waals surface area contributed by atoms with Crippen molar-refractivity contribution in [3.05, 3.63) is 0 Å². The Morgan fingerprint density at radius 1 is 0.944 bits per heavy atom. The zero-order valence-corrected chi connectivity index (χ0v) is 10.9. The minimum Gasteiger partial charge on any atom is -0.303 e. The first-order valence-corrected chi connectivity index (χ1v) is 7.37. The molecule has 0 bridgehead atoms. The molecule has 2 aliphatic carbocycles. The zero-order valence-electron chi connectivity index (χ0n) is 10.9. The molecule has 100 valence electrons. The van der Waals surface area contributed by atoms with Crippen molar-refractivity contribution in [1.82, 2.24) is 10.2 Å². The molecule has 4 nitrogen and oxygen atoms in total. The average molecular weight is 250 g/mol. The maximum atomic E-state index is 12.2. The van der Waals surface area contributed by atoms with Crippen LogP contribution in [0.1, 0.15) is 57.8 Å². The van der Waals surface area contributed by atoms with Crippen molar-refractivity contribution in [2.75, 3.05) is 0 Å². The van der Waals surface area contributed by atoms with E-state index in [1.807, 2.05) is 0 Å². The summed E-state index contributed by atoms with van der Waals surface area (Å²) in [4.78, 5) is 25.6. The molecule has 1 saturated heterocycles. The van der Waals surface area contributed by atoms with Crippen LogP contribution in [0.2, 0.25) is 0 Å². The van der Waals surface area contributed by atoms with E-state index < -0.39 is 0 Å². The first-order chi connectivity index (χ1) is 8.75. The van der Waals surface area contributed by atoms with Crippen molar-refractivity contribution in [3.63, 3.8) is 0 Å². The molecule has 0 aromatic carbocycles. The van der Waals surface area contributed by atoms with Crippen LogP contribution < -0.4 is 5.32 Å². The van der Waals surface area contributed by atoms with Gasteiger partial charge in [-0.2, -0.15) is 0 Å². The summed E-state index contributed by atoms with van der Waals surface area (Å²) in [5.74, 6) is 0.0698. The Hall–Kier alpha value is -0.900. The fourth-order valence-electron chi connectivity index (χ4n) is 3.23. The van der Waals surface area contributed by atoms with Crippen LogP contribution in [-0.2, 0) is 9.59 Å². The molecule has 0 aromatic rings. The SMILES string of the molecule is O=C1CC(NC2CCCCCC2)C(=O)N1C1CC1. The molecule has 3 aliphatic rings. The highest BCUT2D eigenvalue weighted by atomic mass is 16.2. The summed E-state index contributed by atoms with van der Waals surface area (Å²) in [6, 6.07) is 0.431. The Morgan fingerprint density at radius 2 is 1.61 bits per heavy atom. The van der Waals surface area contributed by atoms with Gasteiger partial charge in [-0.25, -0.2) is 0 Å². The van der Waals surface area contributed by atoms with Gasteiger partial charge >= 0.3 is 0 Å². The summed E-state index contributed by atoms with van der Waals surface area (Å²) >= 11 is 0. The van der Waals surface area contributed by atoms with E-state index in [1.165, 1.54) is 30.6 Å². The number of nitrogens with one attached hydrogen (secondary N) is 1. The van der Waals surface area contributed by atoms with Gasteiger partial charge in [-0.3, -0.25) is 14.5 Å². The molecule has 18 heavy (non-hydrogen) atoms. The van der Waals surface area contributed by atoms with Gasteiger partial charge in [0.25, 0.3) is 0 Å². The molecule has 0 radical (unpaired) electrons. The van der Waals surface area contributed by atoms with Crippen LogP contribution >= 0.6 is 0 Å². The van der Waals surface area contributed by atoms with E-state index in [0.29, 0.717) is 12.5 Å². The largest absolute Gasteiger partial charge is 0.303 e. The first kappa shape index (κ1) is 12.2. The number of hydrogen-bond donors (Lipinski definition) is 1. The Balaban J connectivity index is 1.59. The van der Waals surface area contributed by atoms with Gasteiger partial charge in [0.05, 0.1) is 12.5 Å². The lowest BCUT2D eigenvalue weighted by molar-refractivity contribution is -0.139. The Bertz CT molecular complexity index is 344. The van der Waals surface area contributed by atoms with E-state index in [2.05, 4.69) is 5.32 Å². The van der Waals surface area contributed by atoms with E-state index in [1.54, 1.807) is 0 Å². The topological polar surface area (TPSA) is 49.4 Å². The second kappa shape index (κ2) is 5.00. The van der Waals surface area contributed by atoms with Crippen molar-refractivity contribution >= 4 is 11.8 Å². The molecule has 1 N–H and O–H groups in total. The standard InChI is InChI=1S/C14H22N2O2/c17-13-9-12(14(18)16(13)11-7-8-11)15-10-5-3-1-2-4-6-10/h10-12,15H,1-9H2. The summed E-state index contributed by atoms with van der Waals surface area (Å²) in [5, 5.41) is 3.44. The molecule has 4 heteroatoms. The number of nitrogens with zero attached hydrogens (tertiary/aromatic N) is 1. The summed E-state index contributed by atoms with van der Waals surface area (Å²) in [6.45, 7) is 0. The van der Waals surface area contributed by atoms with Gasteiger partial charge in [-0.05, 0) is 25.7 Å². The number of carbonyl (C=O) groups is 2. The lowest BCUT2D eigenvalue weighted by Gasteiger charge is -2.20. The van der Waals surface area contributed by atoms with Crippen molar-refractivity contribution in [1.29, 1.82) is 0 Å². The smallest absolute Gasteiger partial charge is 0.247 e. The summed E-state index contributed by atoms with van der Waals surface area (Å²) in [5.41, 5.74) is 0. The Labute approximate surface area is 108 Å². The second-order valence-electron chi connectivity index (χ2n) is 5.95. The third-order valence-electron chi connectivity index (χ3n) is 4.39. The fraction of sp³-hybridized carbons (Fsp3) is 0.857. The molecule has 3 rings (SSSR count). The summed E-state index contributed by atoms with van der Waals surface area (Å²) in [7, 11) is 0. The zero-order chi connectivity index (χ0) is 12.5. The van der Waals surface area contributed by atoms with Crippen LogP contribution in [0.4, 0.5) is 0 Å². The van der Waals surface area contributed by atoms with E-state index >= 15 is 0 Å². The van der Waals surface area contributed by atoms with Crippen molar-refractivity contribution in [3.8, 4) is 0 Å². The van der Waals surface area contributed by atoms with Crippen molar-refractivity contribution in [2.24, 2.45) is 0 Å². The van der Waals surface area contributed by atoms with E-state index in [4.69, 9.17) is 0 Å². The van der Waals surface area contributed by atoms with Crippen LogP contribution in [0.5, 0.6) is 0 Å². The minimum absolute atomic E-state index is 0.0340. The van der Waals surface area contributed by atoms with Gasteiger partial charge in [0.15, 0.2) is 0 Å². The van der Waals surface area contributed by atoms with Crippen LogP contribution in [0.25, 0.3) is 0 Å². The lowest BCUT2D eigenvalue weighted by atomic mass is 10.1. The number of rotatable bonds is 3. The van der Waals surface area contributed by atoms with Crippen LogP contribution in [0, 0.1) is 0 Å². The van der Waals surface area contributed by atoms with Crippen molar-refractivity contribution in [2.45, 2.75) is 75.9 Å². The number of likely N-dealkylation sites (tertiary alicyclic amines) is 1. The molecule has 1 aliphatic heterocycles. The quantitative estimate of drug-likeness (QED) is 0.611. The minimum atomic E-state index is -0.235. The molecule has 3 fully saturated rings. The number of imide groups is 1. The number of amides is 2. The molecular formula is C14H22N2O2. The lowest BCUT2D eigenvalue weighted by Crippen LogP contribution is -2.44. The maximum absolute atomic E-state index is 12.2. The molecule has 1 atom stereocenters. The molecule has 2 amide bonds. The van der Waals surface area contributed by atoms with E-state index in [0.717, 1.165) is 25.7 Å². The molecular weight excluding hydrogens is 228 g/mol. The highest BCUT2D eigenvalue weighted by molar-refractivity contribution is 6.06. The molecule has 2 saturated carbocycles. The van der Waals surface area contributed by atoms with Crippen LogP contribution in [-0.4, -0.2) is 34.8 Å². The van der Waals surface area contributed by atoms with Gasteiger partial charge in [-0.1, -0.05) is 25.7 Å². The summed E-state index contributed by atoms with van der Waals surface area (Å²) < 4.78 is 0. The number of carbonyl (C=O) groups excluding carboxylic acids is 2. The van der Waals surface area contributed by atoms with E-state index in [9.17, 15) is 9.59 Å². The predicted molar refractivity (Wildman–Crippen MR) is 67.9 cm³/mol. The Morgan fingerprint density at radius 3 is 2.22 bits per heavy atom. The second-order valence-corrected chi connectivity index (χ2v) is 5.95. The monoisotopic (exact) mass is 250 g/mol. The summed E-state index contributed by atoms with van der Waals surface area (Å²) in [6.07, 6.45) is 9.82. The molecule has 0 spiro atoms. The molecule has 0 aromatic heterocycles. The molecule has 1 unspecified atom stereocenters.